The number of piperidine rings is 2. The number of amides is 5. The fraction of sp³-hybridized carbons (Fsp3) is 0.474. The summed E-state index contributed by atoms with van der Waals surface area (Å²) >= 11 is 0. The van der Waals surface area contributed by atoms with Gasteiger partial charge < -0.3 is 29.3 Å². The second-order valence-electron chi connectivity index (χ2n) is 21.0. The zero-order valence-electron chi connectivity index (χ0n) is 45.4. The minimum atomic E-state index is -5.12. The molecule has 0 spiro atoms. The van der Waals surface area contributed by atoms with Gasteiger partial charge in [-0.2, -0.15) is 26.3 Å². The van der Waals surface area contributed by atoms with E-state index < -0.39 is 54.0 Å². The van der Waals surface area contributed by atoms with Gasteiger partial charge in [-0.15, -0.1) is 10.2 Å². The Morgan fingerprint density at radius 3 is 1.41 bits per heavy atom. The third-order valence-electron chi connectivity index (χ3n) is 14.9. The first-order valence-corrected chi connectivity index (χ1v) is 27.2. The lowest BCUT2D eigenvalue weighted by atomic mass is 10.1. The van der Waals surface area contributed by atoms with Crippen molar-refractivity contribution in [2.75, 3.05) is 109 Å². The molecule has 436 valence electrons. The normalized spacial score (nSPS) is 17.1. The number of anilines is 2. The van der Waals surface area contributed by atoms with Crippen LogP contribution in [0, 0.1) is 11.6 Å². The van der Waals surface area contributed by atoms with Crippen LogP contribution >= 0.6 is 0 Å². The molecule has 0 bridgehead atoms. The number of rotatable bonds is 14. The molecule has 4 saturated heterocycles. The largest absolute Gasteiger partial charge is 0.471 e. The molecule has 16 nitrogen and oxygen atoms in total. The summed E-state index contributed by atoms with van der Waals surface area (Å²) in [4.78, 5) is 66.4. The zero-order valence-corrected chi connectivity index (χ0v) is 45.4. The fourth-order valence-corrected chi connectivity index (χ4v) is 9.96. The Kier molecular flexibility index (Phi) is 20.2. The van der Waals surface area contributed by atoms with E-state index in [-0.39, 0.29) is 47.4 Å². The SMILES string of the molecule is CN1CCN(Cc2ccc(N(Cc3ccc(-c4nnc(C(F)(F)F)o4)cc3F)C(=O)N3CCCCC3)cc2)CC1.CN1CCN(Cc2ccc(N(Cc3ccc(C(=O)CNC(=O)C(F)(F)F)cc3F)C(=O)N3CCCCC3)cc2)CC1. The number of ketones is 1. The van der Waals surface area contributed by atoms with Gasteiger partial charge in [-0.1, -0.05) is 42.5 Å². The van der Waals surface area contributed by atoms with Crippen LogP contribution in [0.4, 0.5) is 56.1 Å². The minimum absolute atomic E-state index is 0.0198. The number of urea groups is 2. The minimum Gasteiger partial charge on any atom is -0.413 e. The molecule has 4 fully saturated rings. The number of nitrogens with zero attached hydrogens (tertiary/aromatic N) is 10. The molecule has 9 rings (SSSR count). The van der Waals surface area contributed by atoms with E-state index >= 15 is 8.78 Å². The van der Waals surface area contributed by atoms with E-state index in [4.69, 9.17) is 0 Å². The Morgan fingerprint density at radius 1 is 0.556 bits per heavy atom. The van der Waals surface area contributed by atoms with E-state index in [0.717, 1.165) is 127 Å². The molecular formula is C57H67F8N11O5. The van der Waals surface area contributed by atoms with Gasteiger partial charge in [0.2, 0.25) is 5.89 Å². The van der Waals surface area contributed by atoms with Gasteiger partial charge in [0.1, 0.15) is 11.6 Å². The van der Waals surface area contributed by atoms with Gasteiger partial charge in [0.15, 0.2) is 5.78 Å². The number of hydrogen-bond donors (Lipinski definition) is 1. The zero-order chi connectivity index (χ0) is 57.8. The standard InChI is InChI=1S/C29H35F4N5O3.C28H32F4N6O2/c1-35-13-15-36(16-14-35)19-21-5-9-24(10-6-21)38(28(41)37-11-3-2-4-12-37)20-23-8-7-22(17-25(23)30)26(39)18-34-27(40)29(31,32)33;1-35-13-15-36(16-14-35)18-20-5-9-23(10-6-20)38(27(39)37-11-3-2-4-12-37)19-22-8-7-21(17-24(22)29)25-33-34-26(40-25)28(30,31)32/h5-10,17H,2-4,11-16,18-20H2,1H3,(H,34,40);5-10,17H,2-4,11-16,18-19H2,1H3. The monoisotopic (exact) mass is 1140 g/mol. The number of benzene rings is 4. The van der Waals surface area contributed by atoms with Crippen LogP contribution in [0.25, 0.3) is 11.5 Å². The summed E-state index contributed by atoms with van der Waals surface area (Å²) in [6.07, 6.45) is -4.21. The maximum absolute atomic E-state index is 15.2. The first kappa shape index (κ1) is 60.1. The Balaban J connectivity index is 0.000000212. The predicted molar refractivity (Wildman–Crippen MR) is 287 cm³/mol. The van der Waals surface area contributed by atoms with Gasteiger partial charge in [0.25, 0.3) is 0 Å². The number of alkyl halides is 6. The van der Waals surface area contributed by atoms with Crippen molar-refractivity contribution in [2.45, 2.75) is 77.1 Å². The van der Waals surface area contributed by atoms with Crippen molar-refractivity contribution in [3.05, 3.63) is 130 Å². The van der Waals surface area contributed by atoms with Gasteiger partial charge in [0.05, 0.1) is 19.6 Å². The number of hydrogen-bond acceptors (Lipinski definition) is 11. The number of carbonyl (C=O) groups is 4. The highest BCUT2D eigenvalue weighted by Gasteiger charge is 2.39. The lowest BCUT2D eigenvalue weighted by Crippen LogP contribution is -2.45. The fourth-order valence-electron chi connectivity index (χ4n) is 9.96. The smallest absolute Gasteiger partial charge is 0.413 e. The predicted octanol–water partition coefficient (Wildman–Crippen LogP) is 9.30. The lowest BCUT2D eigenvalue weighted by molar-refractivity contribution is -0.173. The van der Waals surface area contributed by atoms with Crippen molar-refractivity contribution in [1.82, 2.24) is 44.9 Å². The first-order valence-electron chi connectivity index (χ1n) is 27.2. The highest BCUT2D eigenvalue weighted by atomic mass is 19.4. The van der Waals surface area contributed by atoms with E-state index in [1.807, 2.05) is 48.5 Å². The Hall–Kier alpha value is -7.02. The van der Waals surface area contributed by atoms with Crippen LogP contribution in [0.15, 0.2) is 89.3 Å². The first-order chi connectivity index (χ1) is 38.7. The van der Waals surface area contributed by atoms with E-state index in [2.05, 4.69) is 48.3 Å². The Labute approximate surface area is 465 Å². The molecule has 0 aliphatic carbocycles. The Bertz CT molecular complexity index is 2920. The summed E-state index contributed by atoms with van der Waals surface area (Å²) in [5.74, 6) is -6.51. The number of halogens is 8. The van der Waals surface area contributed by atoms with Crippen LogP contribution in [-0.2, 0) is 37.1 Å². The maximum atomic E-state index is 15.2. The van der Waals surface area contributed by atoms with Gasteiger partial charge in [-0.3, -0.25) is 29.2 Å². The topological polar surface area (TPSA) is 145 Å². The average molecular weight is 1140 g/mol. The molecule has 24 heteroatoms. The molecule has 1 N–H and O–H groups in total. The summed E-state index contributed by atoms with van der Waals surface area (Å²) in [5.41, 5.74) is 3.69. The molecule has 0 unspecified atom stereocenters. The van der Waals surface area contributed by atoms with Crippen LogP contribution in [0.3, 0.4) is 0 Å². The van der Waals surface area contributed by atoms with Crippen LogP contribution in [-0.4, -0.2) is 169 Å². The van der Waals surface area contributed by atoms with Gasteiger partial charge >= 0.3 is 36.2 Å². The molecule has 5 heterocycles. The third kappa shape index (κ3) is 16.6. The molecule has 4 aliphatic heterocycles. The van der Waals surface area contributed by atoms with Crippen molar-refractivity contribution in [3.8, 4) is 11.5 Å². The summed E-state index contributed by atoms with van der Waals surface area (Å²) in [6, 6.07) is 22.4. The van der Waals surface area contributed by atoms with Gasteiger partial charge in [-0.05, 0) is 106 Å². The quantitative estimate of drug-likeness (QED) is 0.0839. The maximum Gasteiger partial charge on any atom is 0.471 e. The van der Waals surface area contributed by atoms with Gasteiger partial charge in [0, 0.05) is 125 Å². The number of Topliss-reactive ketones (excluding diaryl/α,β-unsaturated/α-hetero) is 1. The number of nitrogens with one attached hydrogen (secondary N) is 1. The van der Waals surface area contributed by atoms with Crippen LogP contribution in [0.1, 0.15) is 77.0 Å². The summed E-state index contributed by atoms with van der Waals surface area (Å²) in [5, 5.41) is 7.89. The van der Waals surface area contributed by atoms with E-state index in [9.17, 15) is 45.5 Å². The molecule has 0 saturated carbocycles. The highest BCUT2D eigenvalue weighted by molar-refractivity contribution is 6.00. The molecule has 5 amide bonds. The van der Waals surface area contributed by atoms with Crippen molar-refractivity contribution >= 4 is 35.1 Å². The van der Waals surface area contributed by atoms with Crippen LogP contribution in [0.5, 0.6) is 0 Å². The summed E-state index contributed by atoms with van der Waals surface area (Å²) in [6.45, 7) is 11.0. The number of carbonyl (C=O) groups excluding carboxylic acids is 4. The molecule has 4 aromatic carbocycles. The number of likely N-dealkylation sites (N-methyl/N-ethyl adjacent to an activating group) is 2. The third-order valence-corrected chi connectivity index (χ3v) is 14.9. The van der Waals surface area contributed by atoms with Crippen molar-refractivity contribution < 1.29 is 58.7 Å². The van der Waals surface area contributed by atoms with Gasteiger partial charge in [-0.25, -0.2) is 18.4 Å². The van der Waals surface area contributed by atoms with Crippen molar-refractivity contribution in [3.63, 3.8) is 0 Å². The second kappa shape index (κ2) is 27.2. The molecule has 0 radical (unpaired) electrons. The molecule has 1 aromatic heterocycles. The second-order valence-corrected chi connectivity index (χ2v) is 21.0. The molecular weight excluding hydrogens is 1070 g/mol. The number of likely N-dealkylation sites (tertiary alicyclic amines) is 2. The molecule has 5 aromatic rings. The number of aromatic nitrogens is 2. The lowest BCUT2D eigenvalue weighted by Gasteiger charge is -2.34. The number of piperazine rings is 2. The Morgan fingerprint density at radius 2 is 1.00 bits per heavy atom. The highest BCUT2D eigenvalue weighted by Crippen LogP contribution is 2.32. The van der Waals surface area contributed by atoms with Crippen LogP contribution < -0.4 is 15.1 Å². The molecule has 4 aliphatic rings. The van der Waals surface area contributed by atoms with E-state index in [1.54, 1.807) is 14.7 Å². The van der Waals surface area contributed by atoms with Crippen molar-refractivity contribution in [1.29, 1.82) is 0 Å². The van der Waals surface area contributed by atoms with E-state index in [0.29, 0.717) is 37.6 Å². The average Bonchev–Trinajstić information content (AvgIpc) is 4.06. The summed E-state index contributed by atoms with van der Waals surface area (Å²) in [7, 11) is 4.22. The van der Waals surface area contributed by atoms with Crippen LogP contribution in [0.2, 0.25) is 0 Å². The summed E-state index contributed by atoms with van der Waals surface area (Å²) < 4.78 is 111. The molecule has 81 heavy (non-hydrogen) atoms. The molecule has 0 atom stereocenters. The van der Waals surface area contributed by atoms with Crippen molar-refractivity contribution in [2.24, 2.45) is 0 Å². The van der Waals surface area contributed by atoms with E-state index in [1.165, 1.54) is 34.5 Å².